The van der Waals surface area contributed by atoms with Crippen molar-refractivity contribution in [2.45, 2.75) is 51.7 Å². The fraction of sp³-hybridized carbons (Fsp3) is 0.950. The van der Waals surface area contributed by atoms with Gasteiger partial charge in [-0.25, -0.2) is 0 Å². The Bertz CT molecular complexity index is 495. The third kappa shape index (κ3) is 6.12. The molecule has 0 amide bonds. The molecule has 3 rings (SSSR count). The molecule has 0 aliphatic carbocycles. The molecule has 3 saturated heterocycles. The predicted octanol–water partition coefficient (Wildman–Crippen LogP) is 2.10. The highest BCUT2D eigenvalue weighted by Gasteiger charge is 2.41. The maximum atomic E-state index is 5.58. The molecule has 28 heavy (non-hydrogen) atoms. The van der Waals surface area contributed by atoms with Crippen LogP contribution in [0.5, 0.6) is 0 Å². The molecule has 0 radical (unpaired) electrons. The van der Waals surface area contributed by atoms with E-state index in [0.29, 0.717) is 18.0 Å². The van der Waals surface area contributed by atoms with Crippen molar-refractivity contribution in [1.82, 2.24) is 20.4 Å². The molecule has 0 bridgehead atoms. The number of aliphatic imine (C=N–C) groups is 1. The summed E-state index contributed by atoms with van der Waals surface area (Å²) >= 11 is 2.08. The van der Waals surface area contributed by atoms with Crippen molar-refractivity contribution in [3.63, 3.8) is 0 Å². The van der Waals surface area contributed by atoms with Crippen LogP contribution in [0.2, 0.25) is 0 Å². The highest BCUT2D eigenvalue weighted by atomic mass is 127. The van der Waals surface area contributed by atoms with Gasteiger partial charge in [-0.05, 0) is 38.9 Å². The van der Waals surface area contributed by atoms with Gasteiger partial charge in [-0.3, -0.25) is 14.8 Å². The normalized spacial score (nSPS) is 32.5. The van der Waals surface area contributed by atoms with Crippen molar-refractivity contribution in [2.24, 2.45) is 10.9 Å². The number of rotatable bonds is 6. The lowest BCUT2D eigenvalue weighted by Crippen LogP contribution is -2.56. The first-order valence-corrected chi connectivity index (χ1v) is 11.9. The molecule has 3 unspecified atom stereocenters. The molecule has 0 saturated carbocycles. The molecule has 0 aromatic heterocycles. The zero-order valence-electron chi connectivity index (χ0n) is 18.1. The number of guanidine groups is 1. The summed E-state index contributed by atoms with van der Waals surface area (Å²) in [5.41, 5.74) is 0.210. The Labute approximate surface area is 193 Å². The molecular weight excluding hydrogens is 485 g/mol. The number of likely N-dealkylation sites (tertiary alicyclic amines) is 1. The largest absolute Gasteiger partial charge is 0.379 e. The third-order valence-electron chi connectivity index (χ3n) is 6.33. The lowest BCUT2D eigenvalue weighted by molar-refractivity contribution is -0.0104. The van der Waals surface area contributed by atoms with Crippen molar-refractivity contribution >= 4 is 41.7 Å². The van der Waals surface area contributed by atoms with Gasteiger partial charge in [-0.1, -0.05) is 6.92 Å². The quantitative estimate of drug-likeness (QED) is 0.315. The van der Waals surface area contributed by atoms with Gasteiger partial charge in [0.15, 0.2) is 5.96 Å². The van der Waals surface area contributed by atoms with Crippen LogP contribution < -0.4 is 10.6 Å². The highest BCUT2D eigenvalue weighted by molar-refractivity contribution is 14.0. The molecule has 3 atom stereocenters. The Balaban J connectivity index is 0.00000280. The second kappa shape index (κ2) is 11.6. The summed E-state index contributed by atoms with van der Waals surface area (Å²) in [6, 6.07) is 1.08. The summed E-state index contributed by atoms with van der Waals surface area (Å²) in [5.74, 6) is 4.08. The summed E-state index contributed by atoms with van der Waals surface area (Å²) in [7, 11) is 0. The third-order valence-corrected chi connectivity index (χ3v) is 7.57. The van der Waals surface area contributed by atoms with Crippen molar-refractivity contribution in [3.8, 4) is 0 Å². The van der Waals surface area contributed by atoms with E-state index in [9.17, 15) is 0 Å². The van der Waals surface area contributed by atoms with Crippen molar-refractivity contribution in [2.75, 3.05) is 64.0 Å². The van der Waals surface area contributed by atoms with Crippen LogP contribution in [0, 0.1) is 5.92 Å². The molecule has 3 fully saturated rings. The van der Waals surface area contributed by atoms with E-state index >= 15 is 0 Å². The van der Waals surface area contributed by atoms with Crippen LogP contribution in [0.25, 0.3) is 0 Å². The number of thioether (sulfide) groups is 1. The zero-order valence-corrected chi connectivity index (χ0v) is 21.2. The molecule has 3 aliphatic rings. The number of halogens is 1. The second-order valence-electron chi connectivity index (χ2n) is 8.60. The minimum absolute atomic E-state index is 0. The fourth-order valence-corrected chi connectivity index (χ4v) is 5.91. The van der Waals surface area contributed by atoms with E-state index in [2.05, 4.69) is 59.9 Å². The maximum absolute atomic E-state index is 5.58. The zero-order chi connectivity index (χ0) is 19.3. The summed E-state index contributed by atoms with van der Waals surface area (Å²) in [6.45, 7) is 17.0. The van der Waals surface area contributed by atoms with Crippen LogP contribution >= 0.6 is 35.7 Å². The van der Waals surface area contributed by atoms with Gasteiger partial charge in [0.2, 0.25) is 0 Å². The predicted molar refractivity (Wildman–Crippen MR) is 131 cm³/mol. The van der Waals surface area contributed by atoms with Gasteiger partial charge in [0.25, 0.3) is 0 Å². The molecule has 2 N–H and O–H groups in total. The van der Waals surface area contributed by atoms with Crippen molar-refractivity contribution in [3.05, 3.63) is 0 Å². The van der Waals surface area contributed by atoms with E-state index in [0.717, 1.165) is 51.9 Å². The molecule has 3 aliphatic heterocycles. The summed E-state index contributed by atoms with van der Waals surface area (Å²) < 4.78 is 5.58. The van der Waals surface area contributed by atoms with E-state index in [4.69, 9.17) is 9.73 Å². The van der Waals surface area contributed by atoms with Gasteiger partial charge >= 0.3 is 0 Å². The Kier molecular flexibility index (Phi) is 10.1. The smallest absolute Gasteiger partial charge is 0.191 e. The number of nitrogens with zero attached hydrogens (tertiary/aromatic N) is 3. The first-order chi connectivity index (χ1) is 13.0. The number of hydrogen-bond acceptors (Lipinski definition) is 5. The summed E-state index contributed by atoms with van der Waals surface area (Å²) in [4.78, 5) is 10.3. The SMILES string of the molecule is CCNC(=NCC1(N2CCOCC2)CCSC1)NC1CN(C(C)C)CC1C.I. The van der Waals surface area contributed by atoms with Crippen molar-refractivity contribution < 1.29 is 4.74 Å². The number of ether oxygens (including phenoxy) is 1. The van der Waals surface area contributed by atoms with E-state index in [1.54, 1.807) is 0 Å². The van der Waals surface area contributed by atoms with E-state index < -0.39 is 0 Å². The Morgan fingerprint density at radius 1 is 1.29 bits per heavy atom. The topological polar surface area (TPSA) is 52.1 Å². The first kappa shape index (κ1) is 24.5. The highest BCUT2D eigenvalue weighted by Crippen LogP contribution is 2.34. The fourth-order valence-electron chi connectivity index (χ4n) is 4.44. The second-order valence-corrected chi connectivity index (χ2v) is 9.70. The molecule has 3 heterocycles. The number of morpholine rings is 1. The Hall–Kier alpha value is 0.230. The average molecular weight is 526 g/mol. The molecule has 164 valence electrons. The molecule has 0 aromatic rings. The molecular formula is C20H40IN5OS. The van der Waals surface area contributed by atoms with Gasteiger partial charge in [0.05, 0.1) is 25.3 Å². The van der Waals surface area contributed by atoms with Gasteiger partial charge in [-0.15, -0.1) is 24.0 Å². The van der Waals surface area contributed by atoms with Gasteiger partial charge in [0, 0.05) is 50.6 Å². The lowest BCUT2D eigenvalue weighted by atomic mass is 9.96. The van der Waals surface area contributed by atoms with Crippen LogP contribution in [-0.4, -0.2) is 97.4 Å². The van der Waals surface area contributed by atoms with Crippen LogP contribution in [0.3, 0.4) is 0 Å². The van der Waals surface area contributed by atoms with E-state index in [-0.39, 0.29) is 29.5 Å². The minimum atomic E-state index is 0. The summed E-state index contributed by atoms with van der Waals surface area (Å²) in [6.07, 6.45) is 1.24. The van der Waals surface area contributed by atoms with E-state index in [1.807, 2.05) is 0 Å². The van der Waals surface area contributed by atoms with Crippen LogP contribution in [-0.2, 0) is 4.74 Å². The summed E-state index contributed by atoms with van der Waals surface area (Å²) in [5, 5.41) is 7.23. The monoisotopic (exact) mass is 525 g/mol. The van der Waals surface area contributed by atoms with Gasteiger partial charge < -0.3 is 15.4 Å². The molecule has 0 spiro atoms. The maximum Gasteiger partial charge on any atom is 0.191 e. The number of nitrogens with one attached hydrogen (secondary N) is 2. The van der Waals surface area contributed by atoms with Crippen LogP contribution in [0.15, 0.2) is 4.99 Å². The molecule has 0 aromatic carbocycles. The van der Waals surface area contributed by atoms with Crippen molar-refractivity contribution in [1.29, 1.82) is 0 Å². The first-order valence-electron chi connectivity index (χ1n) is 10.7. The van der Waals surface area contributed by atoms with Gasteiger partial charge in [-0.2, -0.15) is 11.8 Å². The molecule has 8 heteroatoms. The Morgan fingerprint density at radius 2 is 2.04 bits per heavy atom. The number of hydrogen-bond donors (Lipinski definition) is 2. The van der Waals surface area contributed by atoms with Crippen LogP contribution in [0.1, 0.15) is 34.1 Å². The Morgan fingerprint density at radius 3 is 2.61 bits per heavy atom. The average Bonchev–Trinajstić information content (AvgIpc) is 3.29. The van der Waals surface area contributed by atoms with Crippen LogP contribution in [0.4, 0.5) is 0 Å². The molecule has 6 nitrogen and oxygen atoms in total. The standard InChI is InChI=1S/C20H39N5OS.HI/c1-5-21-19(23-18-13-24(16(2)3)12-17(18)4)22-14-20(6-11-27-15-20)25-7-9-26-10-8-25;/h16-18H,5-15H2,1-4H3,(H2,21,22,23);1H. The van der Waals surface area contributed by atoms with Gasteiger partial charge in [0.1, 0.15) is 0 Å². The minimum Gasteiger partial charge on any atom is -0.379 e. The van der Waals surface area contributed by atoms with E-state index in [1.165, 1.54) is 24.5 Å². The lowest BCUT2D eigenvalue weighted by Gasteiger charge is -2.42.